The summed E-state index contributed by atoms with van der Waals surface area (Å²) >= 11 is 0. The lowest BCUT2D eigenvalue weighted by molar-refractivity contribution is 0.0734. The van der Waals surface area contributed by atoms with Crippen molar-refractivity contribution >= 4 is 11.6 Å². The van der Waals surface area contributed by atoms with Gasteiger partial charge in [0.1, 0.15) is 0 Å². The molecule has 1 aliphatic heterocycles. The molecule has 3 heteroatoms. The van der Waals surface area contributed by atoms with Gasteiger partial charge >= 0.3 is 0 Å². The Morgan fingerprint density at radius 1 is 1.05 bits per heavy atom. The van der Waals surface area contributed by atoms with Crippen LogP contribution in [0.4, 0.5) is 5.69 Å². The molecule has 1 heterocycles. The van der Waals surface area contributed by atoms with Gasteiger partial charge in [-0.15, -0.1) is 0 Å². The summed E-state index contributed by atoms with van der Waals surface area (Å²) < 4.78 is 0. The minimum atomic E-state index is 0.103. The first-order chi connectivity index (χ1) is 10.0. The number of nitrogens with zero attached hydrogens (tertiary/aromatic N) is 1. The summed E-state index contributed by atoms with van der Waals surface area (Å²) in [7, 11) is 0. The number of anilines is 1. The van der Waals surface area contributed by atoms with E-state index in [0.29, 0.717) is 6.54 Å². The van der Waals surface area contributed by atoms with E-state index in [-0.39, 0.29) is 5.91 Å². The van der Waals surface area contributed by atoms with E-state index in [1.807, 2.05) is 42.2 Å². The normalized spacial score (nSPS) is 13.9. The molecule has 0 spiro atoms. The molecule has 0 fully saturated rings. The van der Waals surface area contributed by atoms with Gasteiger partial charge in [0.25, 0.3) is 5.91 Å². The van der Waals surface area contributed by atoms with E-state index in [0.717, 1.165) is 29.8 Å². The van der Waals surface area contributed by atoms with Gasteiger partial charge in [0.05, 0.1) is 0 Å². The Hall–Kier alpha value is -2.29. The maximum Gasteiger partial charge on any atom is 0.254 e. The van der Waals surface area contributed by atoms with Crippen LogP contribution in [0.2, 0.25) is 0 Å². The lowest BCUT2D eigenvalue weighted by Crippen LogP contribution is -2.36. The molecule has 0 aliphatic carbocycles. The van der Waals surface area contributed by atoms with E-state index < -0.39 is 0 Å². The highest BCUT2D eigenvalue weighted by Crippen LogP contribution is 2.23. The van der Waals surface area contributed by atoms with Crippen LogP contribution in [0.15, 0.2) is 36.4 Å². The van der Waals surface area contributed by atoms with Crippen molar-refractivity contribution in [2.75, 3.05) is 12.3 Å². The zero-order valence-corrected chi connectivity index (χ0v) is 12.5. The van der Waals surface area contributed by atoms with E-state index in [2.05, 4.69) is 13.0 Å². The Morgan fingerprint density at radius 3 is 2.62 bits per heavy atom. The highest BCUT2D eigenvalue weighted by atomic mass is 16.2. The van der Waals surface area contributed by atoms with Crippen LogP contribution >= 0.6 is 0 Å². The van der Waals surface area contributed by atoms with Crippen molar-refractivity contribution in [3.63, 3.8) is 0 Å². The highest BCUT2D eigenvalue weighted by Gasteiger charge is 2.22. The average Bonchev–Trinajstić information content (AvgIpc) is 2.48. The van der Waals surface area contributed by atoms with Gasteiger partial charge in [-0.2, -0.15) is 0 Å². The maximum atomic E-state index is 12.7. The standard InChI is InChI=1S/C18H20N2O/c1-12-3-4-15(9-13(12)2)18(21)20-8-7-14-5-6-17(19)10-16(14)11-20/h3-6,9-10H,7-8,11,19H2,1-2H3. The number of hydrogen-bond acceptors (Lipinski definition) is 2. The first-order valence-corrected chi connectivity index (χ1v) is 7.28. The van der Waals surface area contributed by atoms with Crippen LogP contribution in [0.5, 0.6) is 0 Å². The molecule has 2 aromatic carbocycles. The number of benzene rings is 2. The van der Waals surface area contributed by atoms with E-state index in [1.54, 1.807) is 0 Å². The number of amides is 1. The number of nitrogen functional groups attached to an aromatic ring is 1. The molecule has 21 heavy (non-hydrogen) atoms. The molecule has 0 saturated carbocycles. The Bertz CT molecular complexity index is 706. The fourth-order valence-electron chi connectivity index (χ4n) is 2.81. The summed E-state index contributed by atoms with van der Waals surface area (Å²) in [6.45, 7) is 5.51. The van der Waals surface area contributed by atoms with Gasteiger partial charge in [-0.3, -0.25) is 4.79 Å². The van der Waals surface area contributed by atoms with Gasteiger partial charge in [0, 0.05) is 24.3 Å². The van der Waals surface area contributed by atoms with Gasteiger partial charge in [0.15, 0.2) is 0 Å². The summed E-state index contributed by atoms with van der Waals surface area (Å²) in [5, 5.41) is 0. The molecule has 3 nitrogen and oxygen atoms in total. The smallest absolute Gasteiger partial charge is 0.254 e. The van der Waals surface area contributed by atoms with Crippen LogP contribution in [0.25, 0.3) is 0 Å². The molecule has 2 N–H and O–H groups in total. The number of carbonyl (C=O) groups excluding carboxylic acids is 1. The number of fused-ring (bicyclic) bond motifs is 1. The largest absolute Gasteiger partial charge is 0.399 e. The Kier molecular flexibility index (Phi) is 3.42. The van der Waals surface area contributed by atoms with Crippen molar-refractivity contribution in [2.24, 2.45) is 0 Å². The minimum absolute atomic E-state index is 0.103. The van der Waals surface area contributed by atoms with Crippen molar-refractivity contribution in [3.8, 4) is 0 Å². The third-order valence-electron chi connectivity index (χ3n) is 4.28. The molecule has 0 radical (unpaired) electrons. The summed E-state index contributed by atoms with van der Waals surface area (Å²) in [5.41, 5.74) is 12.2. The Morgan fingerprint density at radius 2 is 1.86 bits per heavy atom. The third-order valence-corrected chi connectivity index (χ3v) is 4.28. The van der Waals surface area contributed by atoms with Gasteiger partial charge in [-0.1, -0.05) is 12.1 Å². The number of nitrogens with two attached hydrogens (primary N) is 1. The fraction of sp³-hybridized carbons (Fsp3) is 0.278. The number of rotatable bonds is 1. The molecule has 0 saturated heterocycles. The maximum absolute atomic E-state index is 12.7. The van der Waals surface area contributed by atoms with Crippen LogP contribution < -0.4 is 5.73 Å². The second-order valence-electron chi connectivity index (χ2n) is 5.80. The zero-order valence-electron chi connectivity index (χ0n) is 12.5. The van der Waals surface area contributed by atoms with E-state index in [4.69, 9.17) is 5.73 Å². The molecule has 0 aromatic heterocycles. The van der Waals surface area contributed by atoms with Crippen molar-refractivity contribution in [1.29, 1.82) is 0 Å². The molecule has 1 aliphatic rings. The second-order valence-corrected chi connectivity index (χ2v) is 5.80. The van der Waals surface area contributed by atoms with Crippen molar-refractivity contribution in [1.82, 2.24) is 4.90 Å². The quantitative estimate of drug-likeness (QED) is 0.816. The molecular formula is C18H20N2O. The van der Waals surface area contributed by atoms with Crippen LogP contribution in [0.1, 0.15) is 32.6 Å². The Balaban J connectivity index is 1.85. The summed E-state index contributed by atoms with van der Waals surface area (Å²) in [6.07, 6.45) is 0.895. The first-order valence-electron chi connectivity index (χ1n) is 7.28. The van der Waals surface area contributed by atoms with Crippen molar-refractivity contribution < 1.29 is 4.79 Å². The van der Waals surface area contributed by atoms with Crippen molar-refractivity contribution in [2.45, 2.75) is 26.8 Å². The van der Waals surface area contributed by atoms with E-state index in [1.165, 1.54) is 16.7 Å². The third kappa shape index (κ3) is 2.64. The summed E-state index contributed by atoms with van der Waals surface area (Å²) in [5.74, 6) is 0.103. The monoisotopic (exact) mass is 280 g/mol. The molecule has 108 valence electrons. The van der Waals surface area contributed by atoms with E-state index in [9.17, 15) is 4.79 Å². The first kappa shape index (κ1) is 13.7. The van der Waals surface area contributed by atoms with Gasteiger partial charge in [0.2, 0.25) is 0 Å². The molecule has 2 aromatic rings. The van der Waals surface area contributed by atoms with Gasteiger partial charge in [-0.05, 0) is 66.8 Å². The molecular weight excluding hydrogens is 260 g/mol. The lowest BCUT2D eigenvalue weighted by Gasteiger charge is -2.29. The van der Waals surface area contributed by atoms with Crippen LogP contribution in [-0.4, -0.2) is 17.4 Å². The fourth-order valence-corrected chi connectivity index (χ4v) is 2.81. The van der Waals surface area contributed by atoms with Crippen LogP contribution in [0.3, 0.4) is 0 Å². The Labute approximate surface area is 125 Å². The number of carbonyl (C=O) groups is 1. The molecule has 0 bridgehead atoms. The molecule has 0 atom stereocenters. The molecule has 3 rings (SSSR count). The predicted octanol–water partition coefficient (Wildman–Crippen LogP) is 3.08. The summed E-state index contributed by atoms with van der Waals surface area (Å²) in [4.78, 5) is 14.6. The average molecular weight is 280 g/mol. The second kappa shape index (κ2) is 5.24. The minimum Gasteiger partial charge on any atom is -0.399 e. The lowest BCUT2D eigenvalue weighted by atomic mass is 9.98. The van der Waals surface area contributed by atoms with Crippen molar-refractivity contribution in [3.05, 3.63) is 64.2 Å². The topological polar surface area (TPSA) is 46.3 Å². The van der Waals surface area contributed by atoms with E-state index >= 15 is 0 Å². The number of hydrogen-bond donors (Lipinski definition) is 1. The van der Waals surface area contributed by atoms with Gasteiger partial charge in [-0.25, -0.2) is 0 Å². The summed E-state index contributed by atoms with van der Waals surface area (Å²) in [6, 6.07) is 11.9. The van der Waals surface area contributed by atoms with Crippen LogP contribution in [-0.2, 0) is 13.0 Å². The SMILES string of the molecule is Cc1ccc(C(=O)N2CCc3ccc(N)cc3C2)cc1C. The zero-order chi connectivity index (χ0) is 15.0. The molecule has 0 unspecified atom stereocenters. The van der Waals surface area contributed by atoms with Gasteiger partial charge < -0.3 is 10.6 Å². The molecule has 1 amide bonds. The number of aryl methyl sites for hydroxylation is 2. The highest BCUT2D eigenvalue weighted by molar-refractivity contribution is 5.94. The van der Waals surface area contributed by atoms with Crippen LogP contribution in [0, 0.1) is 13.8 Å². The predicted molar refractivity (Wildman–Crippen MR) is 85.2 cm³/mol.